The van der Waals surface area contributed by atoms with Crippen LogP contribution in [0.4, 0.5) is 0 Å². The van der Waals surface area contributed by atoms with E-state index in [1.165, 1.54) is 0 Å². The molecule has 0 aliphatic carbocycles. The van der Waals surface area contributed by atoms with Crippen molar-refractivity contribution in [2.75, 3.05) is 0 Å². The molecule has 1 aromatic heterocycles. The highest BCUT2D eigenvalue weighted by atomic mass is 35.5. The molecule has 124 valence electrons. The van der Waals surface area contributed by atoms with Gasteiger partial charge in [0.1, 0.15) is 0 Å². The maximum absolute atomic E-state index is 12.6. The summed E-state index contributed by atoms with van der Waals surface area (Å²) in [6, 6.07) is 14.6. The van der Waals surface area contributed by atoms with Gasteiger partial charge in [-0.2, -0.15) is 0 Å². The number of para-hydroxylation sites is 1. The van der Waals surface area contributed by atoms with Crippen LogP contribution in [0.15, 0.2) is 53.4 Å². The topological polar surface area (TPSA) is 59.9 Å². The molecule has 0 fully saturated rings. The van der Waals surface area contributed by atoms with E-state index in [1.807, 2.05) is 36.4 Å². The van der Waals surface area contributed by atoms with Gasteiger partial charge in [-0.3, -0.25) is 0 Å². The summed E-state index contributed by atoms with van der Waals surface area (Å²) in [6.07, 6.45) is 0.380. The van der Waals surface area contributed by atoms with Gasteiger partial charge in [-0.15, -0.1) is 0 Å². The van der Waals surface area contributed by atoms with Gasteiger partial charge in [0.05, 0.1) is 21.4 Å². The van der Waals surface area contributed by atoms with Crippen LogP contribution in [0.5, 0.6) is 0 Å². The van der Waals surface area contributed by atoms with Crippen molar-refractivity contribution < 1.29 is 8.42 Å². The summed E-state index contributed by atoms with van der Waals surface area (Å²) in [5.74, 6) is 0. The number of nitrogens with zero attached hydrogens (tertiary/aromatic N) is 2. The fourth-order valence-electron chi connectivity index (χ4n) is 2.61. The Hall–Kier alpha value is -1.98. The normalized spacial score (nSPS) is 12.0. The molecule has 0 spiro atoms. The average Bonchev–Trinajstić information content (AvgIpc) is 2.55. The number of aromatic nitrogens is 2. The lowest BCUT2D eigenvalue weighted by molar-refractivity contribution is 0.586. The highest BCUT2D eigenvalue weighted by molar-refractivity contribution is 7.92. The average molecular weight is 361 g/mol. The van der Waals surface area contributed by atoms with Gasteiger partial charge in [0, 0.05) is 11.8 Å². The molecule has 4 nitrogen and oxygen atoms in total. The third kappa shape index (κ3) is 3.14. The van der Waals surface area contributed by atoms with Gasteiger partial charge in [0.15, 0.2) is 9.84 Å². The standard InChI is InChI=1S/C18H17ClN2O2S/c1-12(2)24(22,23)17-10-6-3-7-13(17)11-16-14-8-4-5-9-15(14)20-18(19)21-16/h3-10,12H,11H2,1-2H3. The van der Waals surface area contributed by atoms with Crippen LogP contribution < -0.4 is 0 Å². The van der Waals surface area contributed by atoms with E-state index in [4.69, 9.17) is 11.6 Å². The molecule has 0 atom stereocenters. The van der Waals surface area contributed by atoms with Crippen molar-refractivity contribution in [2.45, 2.75) is 30.4 Å². The molecule has 0 saturated heterocycles. The van der Waals surface area contributed by atoms with Crippen LogP contribution in [0, 0.1) is 0 Å². The molecule has 24 heavy (non-hydrogen) atoms. The molecule has 0 unspecified atom stereocenters. The summed E-state index contributed by atoms with van der Waals surface area (Å²) in [5.41, 5.74) is 2.18. The minimum Gasteiger partial charge on any atom is -0.223 e. The molecule has 0 aliphatic rings. The molecule has 2 aromatic carbocycles. The smallest absolute Gasteiger partial charge is 0.223 e. The lowest BCUT2D eigenvalue weighted by Gasteiger charge is -2.13. The summed E-state index contributed by atoms with van der Waals surface area (Å²) in [4.78, 5) is 8.88. The summed E-state index contributed by atoms with van der Waals surface area (Å²) in [5, 5.41) is 0.552. The second-order valence-corrected chi connectivity index (χ2v) is 8.65. The fourth-order valence-corrected chi connectivity index (χ4v) is 4.08. The zero-order valence-electron chi connectivity index (χ0n) is 13.4. The first-order chi connectivity index (χ1) is 11.4. The van der Waals surface area contributed by atoms with Crippen molar-refractivity contribution in [1.29, 1.82) is 0 Å². The van der Waals surface area contributed by atoms with Crippen molar-refractivity contribution in [3.8, 4) is 0 Å². The van der Waals surface area contributed by atoms with Gasteiger partial charge in [-0.1, -0.05) is 36.4 Å². The van der Waals surface area contributed by atoms with Crippen LogP contribution in [0.1, 0.15) is 25.1 Å². The Labute approximate surface area is 146 Å². The molecular weight excluding hydrogens is 344 g/mol. The number of fused-ring (bicyclic) bond motifs is 1. The molecule has 6 heteroatoms. The molecule has 0 bridgehead atoms. The van der Waals surface area contributed by atoms with Crippen LogP contribution >= 0.6 is 11.6 Å². The predicted molar refractivity (Wildman–Crippen MR) is 96.1 cm³/mol. The van der Waals surface area contributed by atoms with E-state index in [0.717, 1.165) is 16.6 Å². The molecule has 0 N–H and O–H groups in total. The Morgan fingerprint density at radius 3 is 2.42 bits per heavy atom. The molecule has 0 radical (unpaired) electrons. The first-order valence-electron chi connectivity index (χ1n) is 7.62. The molecule has 0 saturated carbocycles. The quantitative estimate of drug-likeness (QED) is 0.658. The fraction of sp³-hybridized carbons (Fsp3) is 0.222. The van der Waals surface area contributed by atoms with E-state index in [-0.39, 0.29) is 5.28 Å². The number of halogens is 1. The minimum absolute atomic E-state index is 0.160. The summed E-state index contributed by atoms with van der Waals surface area (Å²) >= 11 is 6.03. The van der Waals surface area contributed by atoms with E-state index < -0.39 is 15.1 Å². The second-order valence-electron chi connectivity index (χ2n) is 5.83. The predicted octanol–water partition coefficient (Wildman–Crippen LogP) is 4.06. The van der Waals surface area contributed by atoms with Gasteiger partial charge in [0.25, 0.3) is 0 Å². The Kier molecular flexibility index (Phi) is 4.56. The number of sulfone groups is 1. The van der Waals surface area contributed by atoms with Crippen molar-refractivity contribution in [3.63, 3.8) is 0 Å². The number of hydrogen-bond acceptors (Lipinski definition) is 4. The van der Waals surface area contributed by atoms with E-state index in [0.29, 0.717) is 16.9 Å². The number of hydrogen-bond donors (Lipinski definition) is 0. The lowest BCUT2D eigenvalue weighted by atomic mass is 10.1. The van der Waals surface area contributed by atoms with Crippen LogP contribution in [-0.2, 0) is 16.3 Å². The molecule has 3 rings (SSSR count). The zero-order valence-corrected chi connectivity index (χ0v) is 15.0. The lowest BCUT2D eigenvalue weighted by Crippen LogP contribution is -2.16. The maximum atomic E-state index is 12.6. The minimum atomic E-state index is -3.37. The van der Waals surface area contributed by atoms with Gasteiger partial charge >= 0.3 is 0 Å². The molecule has 3 aromatic rings. The maximum Gasteiger partial charge on any atom is 0.223 e. The number of benzene rings is 2. The monoisotopic (exact) mass is 360 g/mol. The van der Waals surface area contributed by atoms with E-state index in [2.05, 4.69) is 9.97 Å². The van der Waals surface area contributed by atoms with E-state index >= 15 is 0 Å². The van der Waals surface area contributed by atoms with Crippen LogP contribution in [0.2, 0.25) is 5.28 Å². The third-order valence-corrected chi connectivity index (χ3v) is 6.33. The highest BCUT2D eigenvalue weighted by Crippen LogP contribution is 2.25. The largest absolute Gasteiger partial charge is 0.223 e. The van der Waals surface area contributed by atoms with Gasteiger partial charge in [-0.25, -0.2) is 18.4 Å². The van der Waals surface area contributed by atoms with Crippen LogP contribution in [-0.4, -0.2) is 23.6 Å². The Morgan fingerprint density at radius 2 is 1.67 bits per heavy atom. The van der Waals surface area contributed by atoms with E-state index in [9.17, 15) is 8.42 Å². The van der Waals surface area contributed by atoms with Crippen molar-refractivity contribution in [1.82, 2.24) is 9.97 Å². The molecule has 0 aliphatic heterocycles. The van der Waals surface area contributed by atoms with Crippen molar-refractivity contribution >= 4 is 32.3 Å². The highest BCUT2D eigenvalue weighted by Gasteiger charge is 2.22. The summed E-state index contributed by atoms with van der Waals surface area (Å²) in [6.45, 7) is 3.37. The number of rotatable bonds is 4. The Balaban J connectivity index is 2.14. The summed E-state index contributed by atoms with van der Waals surface area (Å²) in [7, 11) is -3.37. The molecule has 0 amide bonds. The second kappa shape index (κ2) is 6.49. The van der Waals surface area contributed by atoms with Gasteiger partial charge in [-0.05, 0) is 43.1 Å². The zero-order chi connectivity index (χ0) is 17.3. The van der Waals surface area contributed by atoms with Crippen LogP contribution in [0.3, 0.4) is 0 Å². The first kappa shape index (κ1) is 16.9. The van der Waals surface area contributed by atoms with E-state index in [1.54, 1.807) is 26.0 Å². The molecular formula is C18H17ClN2O2S. The summed E-state index contributed by atoms with van der Waals surface area (Å²) < 4.78 is 25.2. The Bertz CT molecular complexity index is 1000. The van der Waals surface area contributed by atoms with Gasteiger partial charge < -0.3 is 0 Å². The SMILES string of the molecule is CC(C)S(=O)(=O)c1ccccc1Cc1nc(Cl)nc2ccccc12. The van der Waals surface area contributed by atoms with Gasteiger partial charge in [0.2, 0.25) is 5.28 Å². The third-order valence-electron chi connectivity index (χ3n) is 3.91. The van der Waals surface area contributed by atoms with Crippen molar-refractivity contribution in [3.05, 3.63) is 65.1 Å². The van der Waals surface area contributed by atoms with Crippen LogP contribution in [0.25, 0.3) is 10.9 Å². The first-order valence-corrected chi connectivity index (χ1v) is 9.55. The van der Waals surface area contributed by atoms with Crippen molar-refractivity contribution in [2.24, 2.45) is 0 Å². The molecule has 1 heterocycles. The Morgan fingerprint density at radius 1 is 1.00 bits per heavy atom.